The highest BCUT2D eigenvalue weighted by Gasteiger charge is 2.38. The van der Waals surface area contributed by atoms with Gasteiger partial charge in [-0.05, 0) is 18.9 Å². The van der Waals surface area contributed by atoms with Crippen molar-refractivity contribution in [3.63, 3.8) is 0 Å². The Morgan fingerprint density at radius 2 is 2.09 bits per heavy atom. The molecule has 23 heavy (non-hydrogen) atoms. The highest BCUT2D eigenvalue weighted by Crippen LogP contribution is 2.29. The summed E-state index contributed by atoms with van der Waals surface area (Å²) in [6.07, 6.45) is 3.70. The maximum Gasteiger partial charge on any atom is 0.288 e. The Hall–Kier alpha value is -2.63. The van der Waals surface area contributed by atoms with E-state index in [0.717, 1.165) is 5.56 Å². The van der Waals surface area contributed by atoms with E-state index in [-0.39, 0.29) is 17.6 Å². The van der Waals surface area contributed by atoms with Crippen molar-refractivity contribution in [3.05, 3.63) is 69.6 Å². The summed E-state index contributed by atoms with van der Waals surface area (Å²) >= 11 is 0. The van der Waals surface area contributed by atoms with E-state index in [9.17, 15) is 14.9 Å². The van der Waals surface area contributed by atoms with E-state index in [1.165, 1.54) is 6.08 Å². The minimum Gasteiger partial charge on any atom is -0.380 e. The van der Waals surface area contributed by atoms with Gasteiger partial charge in [0.1, 0.15) is 5.70 Å². The number of hydrogen-bond acceptors (Lipinski definition) is 4. The number of amides is 1. The molecule has 1 aliphatic carbocycles. The quantitative estimate of drug-likeness (QED) is 0.685. The lowest BCUT2D eigenvalue weighted by atomic mass is 9.93. The number of allylic oxidation sites excluding steroid dienone is 2. The molecule has 120 valence electrons. The van der Waals surface area contributed by atoms with Crippen LogP contribution in [0.5, 0.6) is 0 Å². The van der Waals surface area contributed by atoms with E-state index in [0.29, 0.717) is 25.2 Å². The molecule has 1 fully saturated rings. The summed E-state index contributed by atoms with van der Waals surface area (Å²) in [7, 11) is 0. The molecule has 1 heterocycles. The Balaban J connectivity index is 1.91. The molecular formula is C17H19N3O3. The van der Waals surface area contributed by atoms with Gasteiger partial charge in [0.25, 0.3) is 5.70 Å². The molecule has 0 radical (unpaired) electrons. The fraction of sp³-hybridized carbons (Fsp3) is 0.353. The van der Waals surface area contributed by atoms with Crippen LogP contribution in [-0.4, -0.2) is 28.3 Å². The molecule has 0 saturated carbocycles. The lowest BCUT2D eigenvalue weighted by Gasteiger charge is -2.29. The van der Waals surface area contributed by atoms with E-state index in [4.69, 9.17) is 0 Å². The fourth-order valence-electron chi connectivity index (χ4n) is 3.10. The molecule has 1 aromatic rings. The lowest BCUT2D eigenvalue weighted by Crippen LogP contribution is -2.41. The Kier molecular flexibility index (Phi) is 4.14. The van der Waals surface area contributed by atoms with Gasteiger partial charge in [-0.15, -0.1) is 0 Å². The molecule has 1 amide bonds. The maximum absolute atomic E-state index is 13.0. The molecule has 0 spiro atoms. The van der Waals surface area contributed by atoms with Crippen LogP contribution in [0, 0.1) is 16.0 Å². The summed E-state index contributed by atoms with van der Waals surface area (Å²) in [5.74, 6) is -0.542. The summed E-state index contributed by atoms with van der Waals surface area (Å²) in [5.41, 5.74) is 1.51. The van der Waals surface area contributed by atoms with Crippen LogP contribution in [0.3, 0.4) is 0 Å². The van der Waals surface area contributed by atoms with Crippen molar-refractivity contribution in [1.82, 2.24) is 10.2 Å². The van der Waals surface area contributed by atoms with Gasteiger partial charge in [-0.25, -0.2) is 0 Å². The smallest absolute Gasteiger partial charge is 0.288 e. The van der Waals surface area contributed by atoms with Crippen LogP contribution >= 0.6 is 0 Å². The van der Waals surface area contributed by atoms with Gasteiger partial charge < -0.3 is 10.2 Å². The zero-order chi connectivity index (χ0) is 16.4. The zero-order valence-electron chi connectivity index (χ0n) is 12.9. The minimum absolute atomic E-state index is 0.00311. The summed E-state index contributed by atoms with van der Waals surface area (Å²) in [6, 6.07) is 9.76. The molecule has 1 saturated heterocycles. The van der Waals surface area contributed by atoms with Crippen molar-refractivity contribution in [1.29, 1.82) is 0 Å². The second-order valence-electron chi connectivity index (χ2n) is 5.93. The largest absolute Gasteiger partial charge is 0.380 e. The van der Waals surface area contributed by atoms with E-state index in [1.807, 2.05) is 42.2 Å². The number of nitrogens with one attached hydrogen (secondary N) is 1. The van der Waals surface area contributed by atoms with Crippen molar-refractivity contribution >= 4 is 5.91 Å². The predicted molar refractivity (Wildman–Crippen MR) is 85.7 cm³/mol. The Morgan fingerprint density at radius 1 is 1.35 bits per heavy atom. The van der Waals surface area contributed by atoms with Crippen molar-refractivity contribution in [3.8, 4) is 0 Å². The van der Waals surface area contributed by atoms with Gasteiger partial charge in [0.15, 0.2) is 0 Å². The third-order valence-corrected chi connectivity index (χ3v) is 4.37. The monoisotopic (exact) mass is 313 g/mol. The molecule has 2 aliphatic rings. The first-order chi connectivity index (χ1) is 11.1. The summed E-state index contributed by atoms with van der Waals surface area (Å²) in [6.45, 7) is 2.99. The lowest BCUT2D eigenvalue weighted by molar-refractivity contribution is -0.421. The van der Waals surface area contributed by atoms with Crippen molar-refractivity contribution < 1.29 is 9.72 Å². The van der Waals surface area contributed by atoms with E-state index in [1.54, 1.807) is 6.08 Å². The second-order valence-corrected chi connectivity index (χ2v) is 5.93. The normalized spacial score (nSPS) is 24.0. The minimum atomic E-state index is -0.492. The van der Waals surface area contributed by atoms with Crippen LogP contribution < -0.4 is 5.32 Å². The third-order valence-electron chi connectivity index (χ3n) is 4.37. The van der Waals surface area contributed by atoms with Crippen molar-refractivity contribution in [2.24, 2.45) is 5.92 Å². The number of nitro groups is 1. The molecule has 0 aromatic heterocycles. The number of nitrogens with zero attached hydrogens (tertiary/aromatic N) is 2. The van der Waals surface area contributed by atoms with Crippen LogP contribution in [0.4, 0.5) is 0 Å². The highest BCUT2D eigenvalue weighted by molar-refractivity contribution is 5.83. The van der Waals surface area contributed by atoms with Gasteiger partial charge in [0.05, 0.1) is 10.8 Å². The second kappa shape index (κ2) is 6.24. The molecule has 1 N–H and O–H groups in total. The van der Waals surface area contributed by atoms with Gasteiger partial charge >= 0.3 is 0 Å². The first-order valence-electron chi connectivity index (χ1n) is 7.71. The Morgan fingerprint density at radius 3 is 2.78 bits per heavy atom. The van der Waals surface area contributed by atoms with E-state index < -0.39 is 10.8 Å². The zero-order valence-corrected chi connectivity index (χ0v) is 12.9. The molecule has 6 nitrogen and oxygen atoms in total. The van der Waals surface area contributed by atoms with Crippen molar-refractivity contribution in [2.45, 2.75) is 25.9 Å². The van der Waals surface area contributed by atoms with Gasteiger partial charge in [-0.1, -0.05) is 36.4 Å². The number of carbonyl (C=O) groups is 1. The van der Waals surface area contributed by atoms with Crippen LogP contribution in [0.1, 0.15) is 18.9 Å². The van der Waals surface area contributed by atoms with Gasteiger partial charge in [-0.3, -0.25) is 14.9 Å². The maximum atomic E-state index is 13.0. The van der Waals surface area contributed by atoms with Crippen LogP contribution in [0.25, 0.3) is 0 Å². The molecule has 2 atom stereocenters. The number of fused-ring (bicyclic) bond motifs is 1. The topological polar surface area (TPSA) is 75.5 Å². The molecule has 0 bridgehead atoms. The summed E-state index contributed by atoms with van der Waals surface area (Å²) < 4.78 is 0. The fourth-order valence-corrected chi connectivity index (χ4v) is 3.10. The number of hydrogen-bond donors (Lipinski definition) is 1. The van der Waals surface area contributed by atoms with E-state index >= 15 is 0 Å². The number of benzene rings is 1. The highest BCUT2D eigenvalue weighted by atomic mass is 16.6. The van der Waals surface area contributed by atoms with Gasteiger partial charge in [0.2, 0.25) is 5.91 Å². The van der Waals surface area contributed by atoms with Gasteiger partial charge in [0, 0.05) is 25.2 Å². The molecule has 3 rings (SSSR count). The van der Waals surface area contributed by atoms with Crippen LogP contribution in [-0.2, 0) is 11.3 Å². The summed E-state index contributed by atoms with van der Waals surface area (Å²) in [4.78, 5) is 25.6. The first-order valence-corrected chi connectivity index (χ1v) is 7.71. The SMILES string of the molecule is CC1CNC2=C([N+](=O)[O-])C=CCC2C(=O)N1Cc1ccccc1. The molecule has 1 aromatic carbocycles. The molecule has 6 heteroatoms. The van der Waals surface area contributed by atoms with Gasteiger partial charge in [-0.2, -0.15) is 0 Å². The summed E-state index contributed by atoms with van der Waals surface area (Å²) in [5, 5.41) is 14.3. The Bertz CT molecular complexity index is 682. The average Bonchev–Trinajstić information content (AvgIpc) is 2.68. The van der Waals surface area contributed by atoms with Crippen LogP contribution in [0.15, 0.2) is 53.9 Å². The first kappa shape index (κ1) is 15.3. The molecule has 1 aliphatic heterocycles. The van der Waals surface area contributed by atoms with Crippen LogP contribution in [0.2, 0.25) is 0 Å². The van der Waals surface area contributed by atoms with E-state index in [2.05, 4.69) is 5.32 Å². The predicted octanol–water partition coefficient (Wildman–Crippen LogP) is 2.07. The number of carbonyl (C=O) groups excluding carboxylic acids is 1. The number of rotatable bonds is 3. The Labute approximate surface area is 134 Å². The standard InChI is InChI=1S/C17H19N3O3/c1-12-10-18-16-14(8-5-9-15(16)20(22)23)17(21)19(12)11-13-6-3-2-4-7-13/h2-7,9,12,14,18H,8,10-11H2,1H3. The molecular weight excluding hydrogens is 294 g/mol. The molecule has 2 unspecified atom stereocenters. The van der Waals surface area contributed by atoms with Crippen molar-refractivity contribution in [2.75, 3.05) is 6.54 Å². The third kappa shape index (κ3) is 2.97. The average molecular weight is 313 g/mol.